The van der Waals surface area contributed by atoms with Gasteiger partial charge >= 0.3 is 6.18 Å². The summed E-state index contributed by atoms with van der Waals surface area (Å²) < 4.78 is 43.5. The second-order valence-electron chi connectivity index (χ2n) is 5.15. The molecule has 0 atom stereocenters. The van der Waals surface area contributed by atoms with Crippen LogP contribution in [-0.2, 0) is 11.9 Å². The largest absolute Gasteiger partial charge is 0.496 e. The molecule has 126 valence electrons. The van der Waals surface area contributed by atoms with Gasteiger partial charge in [-0.15, -0.1) is 0 Å². The average molecular weight is 353 g/mol. The number of nitrogens with one attached hydrogen (secondary N) is 1. The fourth-order valence-electron chi connectivity index (χ4n) is 2.29. The first-order chi connectivity index (χ1) is 11.4. The summed E-state index contributed by atoms with van der Waals surface area (Å²) in [5.74, 6) is 1.29. The summed E-state index contributed by atoms with van der Waals surface area (Å²) in [4.78, 5) is 11.5. The highest BCUT2D eigenvalue weighted by atomic mass is 32.2. The molecule has 3 aromatic rings. The van der Waals surface area contributed by atoms with Gasteiger partial charge in [-0.25, -0.2) is 4.98 Å². The average Bonchev–Trinajstić information content (AvgIpc) is 2.95. The fraction of sp³-hybridized carbons (Fsp3) is 0.250. The van der Waals surface area contributed by atoms with Gasteiger partial charge in [-0.05, 0) is 31.2 Å². The number of ether oxygens (including phenoxy) is 1. The van der Waals surface area contributed by atoms with Crippen molar-refractivity contribution in [2.75, 3.05) is 7.11 Å². The molecule has 4 nitrogen and oxygen atoms in total. The molecule has 0 unspecified atom stereocenters. The molecule has 0 bridgehead atoms. The van der Waals surface area contributed by atoms with E-state index in [9.17, 15) is 13.2 Å². The maximum atomic E-state index is 12.7. The molecule has 8 heteroatoms. The molecule has 0 aliphatic rings. The number of imidazole rings is 1. The molecule has 1 aromatic carbocycles. The number of hydrogen-bond acceptors (Lipinski definition) is 4. The number of aromatic amines is 1. The molecule has 24 heavy (non-hydrogen) atoms. The number of benzene rings is 1. The summed E-state index contributed by atoms with van der Waals surface area (Å²) in [6.07, 6.45) is -2.70. The van der Waals surface area contributed by atoms with Crippen LogP contribution in [0.1, 0.15) is 16.8 Å². The SMILES string of the molecule is COc1ccnc(CSc2nc3ccc(C(F)(F)F)cc3[nH]2)c1C. The molecule has 0 spiro atoms. The highest BCUT2D eigenvalue weighted by Crippen LogP contribution is 2.32. The summed E-state index contributed by atoms with van der Waals surface area (Å²) in [7, 11) is 1.59. The number of halogens is 3. The Labute approximate surface area is 140 Å². The zero-order chi connectivity index (χ0) is 17.3. The van der Waals surface area contributed by atoms with Crippen LogP contribution in [-0.4, -0.2) is 22.1 Å². The van der Waals surface area contributed by atoms with Gasteiger partial charge in [0.05, 0.1) is 29.4 Å². The van der Waals surface area contributed by atoms with Crippen LogP contribution in [0.15, 0.2) is 35.6 Å². The summed E-state index contributed by atoms with van der Waals surface area (Å²) in [6.45, 7) is 1.91. The molecule has 0 radical (unpaired) electrons. The second-order valence-corrected chi connectivity index (χ2v) is 6.11. The van der Waals surface area contributed by atoms with E-state index in [1.54, 1.807) is 19.4 Å². The van der Waals surface area contributed by atoms with Crippen molar-refractivity contribution < 1.29 is 17.9 Å². The number of pyridine rings is 1. The molecule has 0 aliphatic carbocycles. The van der Waals surface area contributed by atoms with E-state index in [4.69, 9.17) is 4.74 Å². The molecule has 0 fully saturated rings. The molecule has 0 saturated carbocycles. The molecule has 3 rings (SSSR count). The van der Waals surface area contributed by atoms with E-state index in [0.717, 1.165) is 29.1 Å². The van der Waals surface area contributed by atoms with Gasteiger partial charge in [0.25, 0.3) is 0 Å². The van der Waals surface area contributed by atoms with Crippen LogP contribution >= 0.6 is 11.8 Å². The molecule has 0 aliphatic heterocycles. The number of methoxy groups -OCH3 is 1. The third kappa shape index (κ3) is 3.33. The van der Waals surface area contributed by atoms with Gasteiger partial charge in [-0.2, -0.15) is 13.2 Å². The van der Waals surface area contributed by atoms with E-state index in [2.05, 4.69) is 15.0 Å². The van der Waals surface area contributed by atoms with E-state index < -0.39 is 11.7 Å². The van der Waals surface area contributed by atoms with Crippen molar-refractivity contribution in [1.82, 2.24) is 15.0 Å². The molecule has 2 heterocycles. The molecule has 1 N–H and O–H groups in total. The Balaban J connectivity index is 1.81. The normalized spacial score (nSPS) is 11.9. The van der Waals surface area contributed by atoms with Crippen molar-refractivity contribution >= 4 is 22.8 Å². The molecular formula is C16H14F3N3OS. The van der Waals surface area contributed by atoms with E-state index in [-0.39, 0.29) is 0 Å². The van der Waals surface area contributed by atoms with Gasteiger partial charge in [0.2, 0.25) is 0 Å². The maximum Gasteiger partial charge on any atom is 0.416 e. The Kier molecular flexibility index (Phi) is 4.40. The van der Waals surface area contributed by atoms with E-state index in [1.807, 2.05) is 6.92 Å². The minimum absolute atomic E-state index is 0.364. The van der Waals surface area contributed by atoms with Crippen molar-refractivity contribution in [3.05, 3.63) is 47.3 Å². The van der Waals surface area contributed by atoms with Crippen LogP contribution in [0.25, 0.3) is 11.0 Å². The van der Waals surface area contributed by atoms with E-state index in [0.29, 0.717) is 21.9 Å². The lowest BCUT2D eigenvalue weighted by Crippen LogP contribution is -2.04. The zero-order valence-electron chi connectivity index (χ0n) is 12.9. The third-order valence-corrected chi connectivity index (χ3v) is 4.50. The topological polar surface area (TPSA) is 50.8 Å². The van der Waals surface area contributed by atoms with Crippen molar-refractivity contribution in [1.29, 1.82) is 0 Å². The number of alkyl halides is 3. The first kappa shape index (κ1) is 16.6. The lowest BCUT2D eigenvalue weighted by atomic mass is 10.2. The highest BCUT2D eigenvalue weighted by molar-refractivity contribution is 7.98. The van der Waals surface area contributed by atoms with Crippen LogP contribution in [0.5, 0.6) is 5.75 Å². The zero-order valence-corrected chi connectivity index (χ0v) is 13.8. The number of aromatic nitrogens is 3. The van der Waals surface area contributed by atoms with Crippen molar-refractivity contribution in [3.63, 3.8) is 0 Å². The predicted octanol–water partition coefficient (Wildman–Crippen LogP) is 4.59. The number of fused-ring (bicyclic) bond motifs is 1. The number of rotatable bonds is 4. The van der Waals surface area contributed by atoms with E-state index in [1.165, 1.54) is 17.8 Å². The van der Waals surface area contributed by atoms with Crippen molar-refractivity contribution in [3.8, 4) is 5.75 Å². The Morgan fingerprint density at radius 1 is 1.25 bits per heavy atom. The number of nitrogens with zero attached hydrogens (tertiary/aromatic N) is 2. The first-order valence-corrected chi connectivity index (χ1v) is 8.05. The third-order valence-electron chi connectivity index (χ3n) is 3.61. The second kappa shape index (κ2) is 6.35. The molecule has 0 amide bonds. The molecule has 2 aromatic heterocycles. The van der Waals surface area contributed by atoms with Gasteiger partial charge in [0, 0.05) is 17.5 Å². The van der Waals surface area contributed by atoms with Crippen LogP contribution < -0.4 is 4.74 Å². The molecule has 0 saturated heterocycles. The number of hydrogen-bond donors (Lipinski definition) is 1. The first-order valence-electron chi connectivity index (χ1n) is 7.06. The number of thioether (sulfide) groups is 1. The van der Waals surface area contributed by atoms with Gasteiger partial charge in [0.1, 0.15) is 5.75 Å². The summed E-state index contributed by atoms with van der Waals surface area (Å²) in [6, 6.07) is 5.25. The van der Waals surface area contributed by atoms with Crippen LogP contribution in [0.4, 0.5) is 13.2 Å². The lowest BCUT2D eigenvalue weighted by molar-refractivity contribution is -0.137. The lowest BCUT2D eigenvalue weighted by Gasteiger charge is -2.08. The minimum atomic E-state index is -4.37. The number of H-pyrrole nitrogens is 1. The Morgan fingerprint density at radius 3 is 2.75 bits per heavy atom. The van der Waals surface area contributed by atoms with Gasteiger partial charge in [-0.1, -0.05) is 11.8 Å². The van der Waals surface area contributed by atoms with Crippen molar-refractivity contribution in [2.24, 2.45) is 0 Å². The summed E-state index contributed by atoms with van der Waals surface area (Å²) in [5.41, 5.74) is 1.95. The summed E-state index contributed by atoms with van der Waals surface area (Å²) in [5, 5.41) is 0.549. The fourth-order valence-corrected chi connectivity index (χ4v) is 3.20. The Hall–Kier alpha value is -2.22. The molecular weight excluding hydrogens is 339 g/mol. The summed E-state index contributed by atoms with van der Waals surface area (Å²) >= 11 is 1.38. The predicted molar refractivity (Wildman–Crippen MR) is 86.2 cm³/mol. The van der Waals surface area contributed by atoms with E-state index >= 15 is 0 Å². The van der Waals surface area contributed by atoms with Gasteiger partial charge in [-0.3, -0.25) is 4.98 Å². The highest BCUT2D eigenvalue weighted by Gasteiger charge is 2.30. The Morgan fingerprint density at radius 2 is 2.04 bits per heavy atom. The maximum absolute atomic E-state index is 12.7. The van der Waals surface area contributed by atoms with Crippen molar-refractivity contribution in [2.45, 2.75) is 24.0 Å². The minimum Gasteiger partial charge on any atom is -0.496 e. The van der Waals surface area contributed by atoms with Crippen LogP contribution in [0.3, 0.4) is 0 Å². The monoisotopic (exact) mass is 353 g/mol. The Bertz CT molecular complexity index is 877. The standard InChI is InChI=1S/C16H14F3N3OS/c1-9-13(20-6-5-14(9)23-2)8-24-15-21-11-4-3-10(16(17,18)19)7-12(11)22-15/h3-7H,8H2,1-2H3,(H,21,22). The van der Waals surface area contributed by atoms with Crippen LogP contribution in [0.2, 0.25) is 0 Å². The smallest absolute Gasteiger partial charge is 0.416 e. The van der Waals surface area contributed by atoms with Crippen LogP contribution in [0, 0.1) is 6.92 Å². The van der Waals surface area contributed by atoms with Gasteiger partial charge in [0.15, 0.2) is 5.16 Å². The van der Waals surface area contributed by atoms with Gasteiger partial charge < -0.3 is 9.72 Å². The quantitative estimate of drug-likeness (QED) is 0.697.